The first-order valence-corrected chi connectivity index (χ1v) is 11.3. The zero-order valence-corrected chi connectivity index (χ0v) is 19.4. The number of halogens is 6. The van der Waals surface area contributed by atoms with E-state index in [1.165, 1.54) is 23.5 Å². The van der Waals surface area contributed by atoms with E-state index in [9.17, 15) is 17.6 Å². The van der Waals surface area contributed by atoms with Crippen LogP contribution in [0.2, 0.25) is 10.2 Å². The summed E-state index contributed by atoms with van der Waals surface area (Å²) in [7, 11) is 1.65. The van der Waals surface area contributed by atoms with Gasteiger partial charge in [0.25, 0.3) is 0 Å². The van der Waals surface area contributed by atoms with Crippen molar-refractivity contribution in [2.45, 2.75) is 25.1 Å². The van der Waals surface area contributed by atoms with Crippen molar-refractivity contribution in [3.05, 3.63) is 46.1 Å². The monoisotopic (exact) mass is 521 g/mol. The van der Waals surface area contributed by atoms with Crippen LogP contribution in [0.5, 0.6) is 0 Å². The van der Waals surface area contributed by atoms with Crippen LogP contribution in [0.1, 0.15) is 18.4 Å². The van der Waals surface area contributed by atoms with Crippen molar-refractivity contribution < 1.29 is 22.3 Å². The van der Waals surface area contributed by atoms with Gasteiger partial charge in [-0.1, -0.05) is 40.6 Å². The highest BCUT2D eigenvalue weighted by atomic mass is 35.5. The molecule has 1 saturated heterocycles. The van der Waals surface area contributed by atoms with Gasteiger partial charge in [0.05, 0.1) is 16.7 Å². The number of thiazole rings is 1. The molecule has 0 atom stereocenters. The fourth-order valence-electron chi connectivity index (χ4n) is 3.49. The molecule has 0 unspecified atom stereocenters. The van der Waals surface area contributed by atoms with E-state index in [2.05, 4.69) is 20.3 Å². The van der Waals surface area contributed by atoms with Crippen LogP contribution in [0.15, 0.2) is 24.5 Å². The highest BCUT2D eigenvalue weighted by Crippen LogP contribution is 2.43. The molecule has 4 rings (SSSR count). The van der Waals surface area contributed by atoms with E-state index >= 15 is 0 Å². The Morgan fingerprint density at radius 2 is 1.91 bits per heavy atom. The van der Waals surface area contributed by atoms with E-state index in [-0.39, 0.29) is 27.8 Å². The molecule has 0 amide bonds. The SMILES string of the molecule is COC1CCN(c2sc(Nc3ncnc(Cl)c3F)nc2-c2ccc(Cl)c(C(F)(F)F)c2)CC1. The molecular weight excluding hydrogens is 505 g/mol. The number of benzene rings is 1. The number of ether oxygens (including phenoxy) is 1. The lowest BCUT2D eigenvalue weighted by Crippen LogP contribution is -2.36. The fourth-order valence-corrected chi connectivity index (χ4v) is 4.89. The predicted octanol–water partition coefficient (Wildman–Crippen LogP) is 6.42. The normalized spacial score (nSPS) is 15.2. The molecule has 33 heavy (non-hydrogen) atoms. The number of hydrogen-bond donors (Lipinski definition) is 1. The second-order valence-electron chi connectivity index (χ2n) is 7.24. The number of nitrogens with zero attached hydrogens (tertiary/aromatic N) is 4. The summed E-state index contributed by atoms with van der Waals surface area (Å²) in [5, 5.41) is 2.87. The van der Waals surface area contributed by atoms with E-state index in [0.717, 1.165) is 25.2 Å². The Hall–Kier alpha value is -2.21. The van der Waals surface area contributed by atoms with Crippen molar-refractivity contribution >= 4 is 50.5 Å². The molecule has 0 aliphatic carbocycles. The van der Waals surface area contributed by atoms with Gasteiger partial charge < -0.3 is 15.0 Å². The van der Waals surface area contributed by atoms with Gasteiger partial charge in [0.1, 0.15) is 17.0 Å². The number of anilines is 3. The van der Waals surface area contributed by atoms with Crippen molar-refractivity contribution in [1.82, 2.24) is 15.0 Å². The van der Waals surface area contributed by atoms with Crippen molar-refractivity contribution in [2.24, 2.45) is 0 Å². The van der Waals surface area contributed by atoms with Crippen LogP contribution in [-0.2, 0) is 10.9 Å². The molecule has 176 valence electrons. The second kappa shape index (κ2) is 9.57. The lowest BCUT2D eigenvalue weighted by molar-refractivity contribution is -0.137. The van der Waals surface area contributed by atoms with Gasteiger partial charge in [0.15, 0.2) is 16.1 Å². The van der Waals surface area contributed by atoms with Crippen molar-refractivity contribution in [3.8, 4) is 11.3 Å². The first-order valence-electron chi connectivity index (χ1n) is 9.76. The van der Waals surface area contributed by atoms with Gasteiger partial charge in [-0.15, -0.1) is 0 Å². The zero-order chi connectivity index (χ0) is 23.8. The number of aromatic nitrogens is 3. The van der Waals surface area contributed by atoms with Crippen molar-refractivity contribution in [1.29, 1.82) is 0 Å². The Bertz CT molecular complexity index is 1150. The number of methoxy groups -OCH3 is 1. The summed E-state index contributed by atoms with van der Waals surface area (Å²) in [4.78, 5) is 13.9. The van der Waals surface area contributed by atoms with Gasteiger partial charge in [0, 0.05) is 25.8 Å². The third-order valence-corrected chi connectivity index (χ3v) is 6.81. The summed E-state index contributed by atoms with van der Waals surface area (Å²) in [6, 6.07) is 3.63. The molecule has 1 aliphatic heterocycles. The minimum Gasteiger partial charge on any atom is -0.381 e. The Morgan fingerprint density at radius 1 is 1.18 bits per heavy atom. The molecule has 1 aliphatic rings. The van der Waals surface area contributed by atoms with E-state index < -0.39 is 22.6 Å². The van der Waals surface area contributed by atoms with Gasteiger partial charge in [0.2, 0.25) is 5.82 Å². The topological polar surface area (TPSA) is 63.2 Å². The standard InChI is InChI=1S/C20H17Cl2F4N5OS/c1-32-11-4-6-31(7-5-11)18-15(10-2-3-13(21)12(8-10)20(24,25)26)29-19(33-18)30-17-14(23)16(22)27-9-28-17/h2-3,8-9,11H,4-7H2,1H3,(H,27,28,29,30). The third kappa shape index (κ3) is 5.16. The number of piperidine rings is 1. The summed E-state index contributed by atoms with van der Waals surface area (Å²) in [5.74, 6) is -1.05. The van der Waals surface area contributed by atoms with Gasteiger partial charge in [-0.05, 0) is 25.0 Å². The van der Waals surface area contributed by atoms with E-state index in [0.29, 0.717) is 23.8 Å². The molecule has 1 aromatic carbocycles. The number of rotatable bonds is 5. The van der Waals surface area contributed by atoms with Gasteiger partial charge in [-0.3, -0.25) is 0 Å². The lowest BCUT2D eigenvalue weighted by atomic mass is 10.1. The van der Waals surface area contributed by atoms with E-state index in [4.69, 9.17) is 27.9 Å². The lowest BCUT2D eigenvalue weighted by Gasteiger charge is -2.32. The van der Waals surface area contributed by atoms with Crippen LogP contribution >= 0.6 is 34.5 Å². The smallest absolute Gasteiger partial charge is 0.381 e. The highest BCUT2D eigenvalue weighted by molar-refractivity contribution is 7.20. The average Bonchev–Trinajstić information content (AvgIpc) is 3.20. The highest BCUT2D eigenvalue weighted by Gasteiger charge is 2.34. The maximum Gasteiger partial charge on any atom is 0.417 e. The van der Waals surface area contributed by atoms with Crippen LogP contribution in [0.25, 0.3) is 11.3 Å². The number of alkyl halides is 3. The van der Waals surface area contributed by atoms with Crippen LogP contribution in [0, 0.1) is 5.82 Å². The largest absolute Gasteiger partial charge is 0.417 e. The Morgan fingerprint density at radius 3 is 2.58 bits per heavy atom. The zero-order valence-electron chi connectivity index (χ0n) is 17.1. The molecule has 0 radical (unpaired) electrons. The summed E-state index contributed by atoms with van der Waals surface area (Å²) < 4.78 is 60.0. The Kier molecular flexibility index (Phi) is 6.94. The summed E-state index contributed by atoms with van der Waals surface area (Å²) in [5.41, 5.74) is -0.399. The molecule has 3 aromatic rings. The number of nitrogens with one attached hydrogen (secondary N) is 1. The molecule has 0 spiro atoms. The van der Waals surface area contributed by atoms with Gasteiger partial charge in [-0.2, -0.15) is 17.6 Å². The van der Waals surface area contributed by atoms with Gasteiger partial charge in [-0.25, -0.2) is 15.0 Å². The maximum absolute atomic E-state index is 14.3. The number of hydrogen-bond acceptors (Lipinski definition) is 7. The van der Waals surface area contributed by atoms with E-state index in [1.807, 2.05) is 4.90 Å². The predicted molar refractivity (Wildman–Crippen MR) is 120 cm³/mol. The van der Waals surface area contributed by atoms with Gasteiger partial charge >= 0.3 is 6.18 Å². The van der Waals surface area contributed by atoms with Crippen LogP contribution in [-0.4, -0.2) is 41.3 Å². The van der Waals surface area contributed by atoms with Crippen LogP contribution < -0.4 is 10.2 Å². The molecule has 1 N–H and O–H groups in total. The average molecular weight is 522 g/mol. The molecule has 2 aromatic heterocycles. The third-order valence-electron chi connectivity index (χ3n) is 5.19. The Labute approximate surface area is 200 Å². The molecular formula is C20H17Cl2F4N5OS. The molecule has 0 bridgehead atoms. The summed E-state index contributed by atoms with van der Waals surface area (Å²) >= 11 is 12.7. The maximum atomic E-state index is 14.3. The molecule has 1 fully saturated rings. The molecule has 3 heterocycles. The summed E-state index contributed by atoms with van der Waals surface area (Å²) in [6.45, 7) is 1.25. The second-order valence-corrected chi connectivity index (χ2v) is 8.98. The fraction of sp³-hybridized carbons (Fsp3) is 0.350. The first kappa shape index (κ1) is 23.9. The van der Waals surface area contributed by atoms with Crippen molar-refractivity contribution in [3.63, 3.8) is 0 Å². The van der Waals surface area contributed by atoms with Crippen molar-refractivity contribution in [2.75, 3.05) is 30.4 Å². The molecule has 0 saturated carbocycles. The minimum absolute atomic E-state index is 0.111. The quantitative estimate of drug-likeness (QED) is 0.308. The van der Waals surface area contributed by atoms with E-state index in [1.54, 1.807) is 7.11 Å². The Balaban J connectivity index is 1.76. The van der Waals surface area contributed by atoms with Crippen LogP contribution in [0.3, 0.4) is 0 Å². The minimum atomic E-state index is -4.62. The first-order chi connectivity index (χ1) is 15.7. The molecule has 13 heteroatoms. The van der Waals surface area contributed by atoms with Crippen LogP contribution in [0.4, 0.5) is 33.5 Å². The molecule has 6 nitrogen and oxygen atoms in total. The summed E-state index contributed by atoms with van der Waals surface area (Å²) in [6.07, 6.45) is -1.92.